The van der Waals surface area contributed by atoms with Crippen LogP contribution in [0.4, 0.5) is 0 Å². The summed E-state index contributed by atoms with van der Waals surface area (Å²) in [6, 6.07) is 0.529. The van der Waals surface area contributed by atoms with E-state index in [4.69, 9.17) is 0 Å². The zero-order chi connectivity index (χ0) is 8.84. The van der Waals surface area contributed by atoms with Gasteiger partial charge in [-0.1, -0.05) is 6.42 Å². The van der Waals surface area contributed by atoms with Crippen molar-refractivity contribution in [3.8, 4) is 0 Å². The maximum Gasteiger partial charge on any atom is 0.207 e. The van der Waals surface area contributed by atoms with Crippen LogP contribution in [-0.4, -0.2) is 12.5 Å². The molecule has 3 fully saturated rings. The number of carbonyl (C=O) groups is 1. The topological polar surface area (TPSA) is 29.1 Å². The predicted molar refractivity (Wildman–Crippen MR) is 50.0 cm³/mol. The summed E-state index contributed by atoms with van der Waals surface area (Å²) < 4.78 is 0. The minimum Gasteiger partial charge on any atom is -0.356 e. The first kappa shape index (κ1) is 7.84. The average Bonchev–Trinajstić information content (AvgIpc) is 2.72. The molecule has 0 aromatic heterocycles. The van der Waals surface area contributed by atoms with E-state index in [1.165, 1.54) is 32.1 Å². The number of fused-ring (bicyclic) bond motifs is 5. The van der Waals surface area contributed by atoms with Gasteiger partial charge in [-0.05, 0) is 49.4 Å². The molecule has 13 heavy (non-hydrogen) atoms. The molecule has 1 amide bonds. The molecule has 5 atom stereocenters. The van der Waals surface area contributed by atoms with Crippen molar-refractivity contribution in [1.29, 1.82) is 0 Å². The Morgan fingerprint density at radius 1 is 1.08 bits per heavy atom. The Hall–Kier alpha value is -0.530. The van der Waals surface area contributed by atoms with Gasteiger partial charge in [-0.15, -0.1) is 0 Å². The summed E-state index contributed by atoms with van der Waals surface area (Å²) in [7, 11) is 0. The van der Waals surface area contributed by atoms with Crippen LogP contribution in [0.2, 0.25) is 0 Å². The third-order valence-electron chi connectivity index (χ3n) is 4.71. The molecule has 2 bridgehead atoms. The van der Waals surface area contributed by atoms with Gasteiger partial charge < -0.3 is 5.32 Å². The smallest absolute Gasteiger partial charge is 0.207 e. The van der Waals surface area contributed by atoms with Gasteiger partial charge in [-0.3, -0.25) is 4.79 Å². The largest absolute Gasteiger partial charge is 0.356 e. The first-order valence-corrected chi connectivity index (χ1v) is 5.60. The summed E-state index contributed by atoms with van der Waals surface area (Å²) >= 11 is 0. The number of amides is 1. The fourth-order valence-electron chi connectivity index (χ4n) is 4.35. The van der Waals surface area contributed by atoms with E-state index in [9.17, 15) is 4.79 Å². The standard InChI is InChI=1S/C11H17NO/c13-6-12-11-5-7-4-10(11)9-3-1-2-8(7)9/h6-11H,1-5H2,(H,12,13). The molecule has 5 unspecified atom stereocenters. The fourth-order valence-corrected chi connectivity index (χ4v) is 4.35. The van der Waals surface area contributed by atoms with Crippen molar-refractivity contribution in [2.24, 2.45) is 23.7 Å². The molecule has 0 saturated heterocycles. The Morgan fingerprint density at radius 2 is 1.92 bits per heavy atom. The summed E-state index contributed by atoms with van der Waals surface area (Å²) in [5.74, 6) is 3.79. The number of hydrogen-bond acceptors (Lipinski definition) is 1. The highest BCUT2D eigenvalue weighted by atomic mass is 16.1. The number of rotatable bonds is 2. The van der Waals surface area contributed by atoms with Crippen LogP contribution in [0.15, 0.2) is 0 Å². The summed E-state index contributed by atoms with van der Waals surface area (Å²) in [5, 5.41) is 3.01. The monoisotopic (exact) mass is 179 g/mol. The summed E-state index contributed by atoms with van der Waals surface area (Å²) in [5.41, 5.74) is 0. The molecule has 0 spiro atoms. The number of hydrogen-bond donors (Lipinski definition) is 1. The van der Waals surface area contributed by atoms with E-state index in [1.54, 1.807) is 0 Å². The minimum absolute atomic E-state index is 0.529. The average molecular weight is 179 g/mol. The Bertz CT molecular complexity index is 228. The quantitative estimate of drug-likeness (QED) is 0.640. The molecule has 0 aromatic carbocycles. The van der Waals surface area contributed by atoms with Crippen molar-refractivity contribution in [3.05, 3.63) is 0 Å². The van der Waals surface area contributed by atoms with Crippen molar-refractivity contribution in [1.82, 2.24) is 5.32 Å². The van der Waals surface area contributed by atoms with E-state index in [2.05, 4.69) is 5.32 Å². The highest BCUT2D eigenvalue weighted by Gasteiger charge is 2.53. The van der Waals surface area contributed by atoms with E-state index in [-0.39, 0.29) is 0 Å². The van der Waals surface area contributed by atoms with Crippen LogP contribution in [0.25, 0.3) is 0 Å². The van der Waals surface area contributed by atoms with E-state index in [1.807, 2.05) is 0 Å². The molecule has 3 aliphatic carbocycles. The van der Waals surface area contributed by atoms with Crippen molar-refractivity contribution < 1.29 is 4.79 Å². The van der Waals surface area contributed by atoms with Gasteiger partial charge >= 0.3 is 0 Å². The van der Waals surface area contributed by atoms with E-state index in [0.29, 0.717) is 6.04 Å². The van der Waals surface area contributed by atoms with Gasteiger partial charge in [0.05, 0.1) is 0 Å². The van der Waals surface area contributed by atoms with Crippen LogP contribution >= 0.6 is 0 Å². The summed E-state index contributed by atoms with van der Waals surface area (Å²) in [4.78, 5) is 10.4. The molecule has 3 rings (SSSR count). The molecule has 3 saturated carbocycles. The molecule has 0 aliphatic heterocycles. The lowest BCUT2D eigenvalue weighted by Gasteiger charge is -2.30. The minimum atomic E-state index is 0.529. The van der Waals surface area contributed by atoms with Gasteiger partial charge in [0, 0.05) is 6.04 Å². The molecule has 1 N–H and O–H groups in total. The van der Waals surface area contributed by atoms with E-state index >= 15 is 0 Å². The lowest BCUT2D eigenvalue weighted by atomic mass is 9.79. The van der Waals surface area contributed by atoms with E-state index in [0.717, 1.165) is 30.1 Å². The fraction of sp³-hybridized carbons (Fsp3) is 0.909. The molecule has 2 nitrogen and oxygen atoms in total. The molecule has 0 radical (unpaired) electrons. The normalized spacial score (nSPS) is 52.2. The Kier molecular flexibility index (Phi) is 1.64. The van der Waals surface area contributed by atoms with E-state index < -0.39 is 0 Å². The number of nitrogens with one attached hydrogen (secondary N) is 1. The zero-order valence-electron chi connectivity index (χ0n) is 7.91. The molecule has 3 aliphatic rings. The maximum absolute atomic E-state index is 10.4. The highest BCUT2D eigenvalue weighted by Crippen LogP contribution is 2.58. The third kappa shape index (κ3) is 0.976. The van der Waals surface area contributed by atoms with Crippen molar-refractivity contribution in [2.45, 2.75) is 38.1 Å². The van der Waals surface area contributed by atoms with Crippen LogP contribution in [-0.2, 0) is 4.79 Å². The predicted octanol–water partition coefficient (Wildman–Crippen LogP) is 1.56. The lowest BCUT2D eigenvalue weighted by Crippen LogP contribution is -2.38. The van der Waals surface area contributed by atoms with Crippen molar-refractivity contribution >= 4 is 6.41 Å². The van der Waals surface area contributed by atoms with Crippen molar-refractivity contribution in [2.75, 3.05) is 0 Å². The van der Waals surface area contributed by atoms with Gasteiger partial charge in [0.25, 0.3) is 0 Å². The molecule has 0 aromatic rings. The van der Waals surface area contributed by atoms with Gasteiger partial charge in [-0.25, -0.2) is 0 Å². The van der Waals surface area contributed by atoms with Gasteiger partial charge in [0.2, 0.25) is 6.41 Å². The van der Waals surface area contributed by atoms with Crippen LogP contribution < -0.4 is 5.32 Å². The molecule has 0 heterocycles. The molecular formula is C11H17NO. The Balaban J connectivity index is 1.77. The number of carbonyl (C=O) groups excluding carboxylic acids is 1. The Labute approximate surface area is 79.1 Å². The zero-order valence-corrected chi connectivity index (χ0v) is 7.91. The lowest BCUT2D eigenvalue weighted by molar-refractivity contribution is -0.110. The third-order valence-corrected chi connectivity index (χ3v) is 4.71. The van der Waals surface area contributed by atoms with Gasteiger partial charge in [0.15, 0.2) is 0 Å². The van der Waals surface area contributed by atoms with Crippen LogP contribution in [0.1, 0.15) is 32.1 Å². The summed E-state index contributed by atoms with van der Waals surface area (Å²) in [6.45, 7) is 0. The van der Waals surface area contributed by atoms with Gasteiger partial charge in [0.1, 0.15) is 0 Å². The second-order valence-electron chi connectivity index (χ2n) is 5.04. The second-order valence-corrected chi connectivity index (χ2v) is 5.04. The Morgan fingerprint density at radius 3 is 2.77 bits per heavy atom. The molecule has 72 valence electrons. The second kappa shape index (κ2) is 2.73. The first-order chi connectivity index (χ1) is 6.40. The highest BCUT2D eigenvalue weighted by molar-refractivity contribution is 5.47. The van der Waals surface area contributed by atoms with Gasteiger partial charge in [-0.2, -0.15) is 0 Å². The maximum atomic E-state index is 10.4. The van der Waals surface area contributed by atoms with Crippen LogP contribution in [0.3, 0.4) is 0 Å². The van der Waals surface area contributed by atoms with Crippen LogP contribution in [0.5, 0.6) is 0 Å². The molecule has 2 heteroatoms. The SMILES string of the molecule is O=CNC1CC2CC1C1CCCC21. The van der Waals surface area contributed by atoms with Crippen LogP contribution in [0, 0.1) is 23.7 Å². The molecular weight excluding hydrogens is 162 g/mol. The van der Waals surface area contributed by atoms with Crippen molar-refractivity contribution in [3.63, 3.8) is 0 Å². The summed E-state index contributed by atoms with van der Waals surface area (Å²) in [6.07, 6.45) is 7.92. The first-order valence-electron chi connectivity index (χ1n) is 5.60.